The van der Waals surface area contributed by atoms with Crippen molar-refractivity contribution in [3.8, 4) is 11.1 Å². The van der Waals surface area contributed by atoms with E-state index in [1.165, 1.54) is 10.7 Å². The number of nitrogens with zero attached hydrogens (tertiary/aromatic N) is 5. The normalized spacial score (nSPS) is 11.7. The molecule has 4 aromatic heterocycles. The summed E-state index contributed by atoms with van der Waals surface area (Å²) in [4.78, 5) is 29.0. The lowest BCUT2D eigenvalue weighted by molar-refractivity contribution is -0.140. The topological polar surface area (TPSA) is 121 Å². The van der Waals surface area contributed by atoms with Crippen molar-refractivity contribution >= 4 is 50.7 Å². The minimum Gasteiger partial charge on any atom is -0.365 e. The number of alkyl halides is 3. The highest BCUT2D eigenvalue weighted by atomic mass is 35.5. The molecule has 9 nitrogen and oxygen atoms in total. The van der Waals surface area contributed by atoms with Crippen molar-refractivity contribution in [3.63, 3.8) is 0 Å². The zero-order valence-electron chi connectivity index (χ0n) is 20.4. The number of thiophene rings is 1. The maximum atomic E-state index is 13.7. The van der Waals surface area contributed by atoms with Gasteiger partial charge in [-0.25, -0.2) is 9.67 Å². The fourth-order valence-corrected chi connectivity index (χ4v) is 5.21. The second-order valence-electron chi connectivity index (χ2n) is 8.59. The lowest BCUT2D eigenvalue weighted by atomic mass is 10.0. The van der Waals surface area contributed by atoms with Gasteiger partial charge in [0.05, 0.1) is 22.1 Å². The summed E-state index contributed by atoms with van der Waals surface area (Å²) in [6, 6.07) is 10.6. The molecule has 1 aromatic carbocycles. The number of amides is 2. The smallest absolute Gasteiger partial charge is 0.365 e. The van der Waals surface area contributed by atoms with Crippen LogP contribution in [-0.4, -0.2) is 36.4 Å². The molecular formula is C25H19ClF3N7O2S. The van der Waals surface area contributed by atoms with Crippen LogP contribution in [0.15, 0.2) is 48.7 Å². The Morgan fingerprint density at radius 2 is 1.85 bits per heavy atom. The van der Waals surface area contributed by atoms with Gasteiger partial charge in [0.15, 0.2) is 5.69 Å². The number of hydrogen-bond donors (Lipinski definition) is 2. The first-order valence-electron chi connectivity index (χ1n) is 11.4. The molecule has 0 spiro atoms. The van der Waals surface area contributed by atoms with Gasteiger partial charge in [-0.1, -0.05) is 41.9 Å². The molecule has 0 radical (unpaired) electrons. The van der Waals surface area contributed by atoms with E-state index in [4.69, 9.17) is 17.3 Å². The van der Waals surface area contributed by atoms with E-state index in [1.54, 1.807) is 55.1 Å². The standard InChI is InChI=1S/C25H19ClF3N7O2S/c1-12-19(26)13(2)36(33-12)11-35-9-8-16(34-35)23(38)32-20-18-15(14-6-4-3-5-7-14)10-17(25(27,28)29)31-24(18)39-21(20)22(30)37/h3-10H,11H2,1-2H3,(H2,30,37)(H,32,38). The minimum atomic E-state index is -4.74. The Labute approximate surface area is 228 Å². The summed E-state index contributed by atoms with van der Waals surface area (Å²) < 4.78 is 44.1. The van der Waals surface area contributed by atoms with Crippen LogP contribution in [0.4, 0.5) is 18.9 Å². The Kier molecular flexibility index (Phi) is 6.64. The van der Waals surface area contributed by atoms with Crippen LogP contribution in [0.25, 0.3) is 21.3 Å². The number of benzene rings is 1. The van der Waals surface area contributed by atoms with Crippen molar-refractivity contribution in [2.24, 2.45) is 5.73 Å². The van der Waals surface area contributed by atoms with Crippen LogP contribution in [0.2, 0.25) is 5.02 Å². The number of carbonyl (C=O) groups excluding carboxylic acids is 2. The number of nitrogens with one attached hydrogen (secondary N) is 1. The highest BCUT2D eigenvalue weighted by Crippen LogP contribution is 2.43. The molecule has 4 heterocycles. The predicted molar refractivity (Wildman–Crippen MR) is 141 cm³/mol. The minimum absolute atomic E-state index is 0.00136. The van der Waals surface area contributed by atoms with E-state index in [0.29, 0.717) is 27.6 Å². The van der Waals surface area contributed by atoms with Crippen LogP contribution in [0, 0.1) is 13.8 Å². The van der Waals surface area contributed by atoms with Gasteiger partial charge in [-0.05, 0) is 37.1 Å². The van der Waals surface area contributed by atoms with Crippen molar-refractivity contribution in [2.75, 3.05) is 5.32 Å². The van der Waals surface area contributed by atoms with Crippen molar-refractivity contribution < 1.29 is 22.8 Å². The Balaban J connectivity index is 1.56. The van der Waals surface area contributed by atoms with Gasteiger partial charge < -0.3 is 11.1 Å². The molecule has 0 saturated heterocycles. The first kappa shape index (κ1) is 26.4. The first-order valence-corrected chi connectivity index (χ1v) is 12.6. The maximum absolute atomic E-state index is 13.7. The van der Waals surface area contributed by atoms with E-state index in [1.807, 2.05) is 0 Å². The number of fused-ring (bicyclic) bond motifs is 1. The summed E-state index contributed by atoms with van der Waals surface area (Å²) in [5.41, 5.74) is 6.34. The van der Waals surface area contributed by atoms with E-state index in [-0.39, 0.29) is 38.7 Å². The second-order valence-corrected chi connectivity index (χ2v) is 9.97. The highest BCUT2D eigenvalue weighted by Gasteiger charge is 2.35. The summed E-state index contributed by atoms with van der Waals surface area (Å²) in [6.07, 6.45) is -3.17. The van der Waals surface area contributed by atoms with Gasteiger partial charge in [-0.15, -0.1) is 11.3 Å². The Morgan fingerprint density at radius 3 is 2.46 bits per heavy atom. The van der Waals surface area contributed by atoms with Crippen LogP contribution < -0.4 is 11.1 Å². The monoisotopic (exact) mass is 573 g/mol. The summed E-state index contributed by atoms with van der Waals surface area (Å²) in [5, 5.41) is 11.9. The van der Waals surface area contributed by atoms with Gasteiger partial charge in [-0.3, -0.25) is 14.3 Å². The number of nitrogens with two attached hydrogens (primary N) is 1. The average Bonchev–Trinajstić information content (AvgIpc) is 3.57. The van der Waals surface area contributed by atoms with Crippen molar-refractivity contribution in [1.82, 2.24) is 24.5 Å². The highest BCUT2D eigenvalue weighted by molar-refractivity contribution is 7.21. The molecular weight excluding hydrogens is 555 g/mol. The Hall–Kier alpha value is -4.23. The SMILES string of the molecule is Cc1nn(Cn2ccc(C(=O)Nc3c(C(N)=O)sc4nc(C(F)(F)F)cc(-c5ccccc5)c34)n2)c(C)c1Cl. The maximum Gasteiger partial charge on any atom is 0.433 e. The number of hydrogen-bond acceptors (Lipinski definition) is 6. The van der Waals surface area contributed by atoms with Crippen LogP contribution in [-0.2, 0) is 12.8 Å². The fourth-order valence-electron chi connectivity index (χ4n) is 4.07. The molecule has 0 bridgehead atoms. The van der Waals surface area contributed by atoms with E-state index < -0.39 is 23.7 Å². The van der Waals surface area contributed by atoms with E-state index in [9.17, 15) is 22.8 Å². The molecule has 0 saturated carbocycles. The van der Waals surface area contributed by atoms with E-state index in [0.717, 1.165) is 11.8 Å². The van der Waals surface area contributed by atoms with Crippen molar-refractivity contribution in [2.45, 2.75) is 26.7 Å². The molecule has 2 amide bonds. The second kappa shape index (κ2) is 9.82. The number of aryl methyl sites for hydroxylation is 1. The Bertz CT molecular complexity index is 1740. The number of halogens is 4. The molecule has 3 N–H and O–H groups in total. The number of pyridine rings is 1. The fraction of sp³-hybridized carbons (Fsp3) is 0.160. The third-order valence-electron chi connectivity index (χ3n) is 5.94. The largest absolute Gasteiger partial charge is 0.433 e. The van der Waals surface area contributed by atoms with Gasteiger partial charge in [0.2, 0.25) is 0 Å². The Morgan fingerprint density at radius 1 is 1.13 bits per heavy atom. The van der Waals surface area contributed by atoms with Gasteiger partial charge >= 0.3 is 6.18 Å². The van der Waals surface area contributed by atoms with Gasteiger partial charge in [0.1, 0.15) is 22.1 Å². The third-order valence-corrected chi connectivity index (χ3v) is 7.59. The van der Waals surface area contributed by atoms with Gasteiger partial charge in [0.25, 0.3) is 11.8 Å². The third kappa shape index (κ3) is 4.98. The van der Waals surface area contributed by atoms with E-state index in [2.05, 4.69) is 20.5 Å². The number of primary amides is 1. The quantitative estimate of drug-likeness (QED) is 0.278. The zero-order chi connectivity index (χ0) is 28.1. The number of carbonyl (C=O) groups is 2. The molecule has 0 aliphatic heterocycles. The summed E-state index contributed by atoms with van der Waals surface area (Å²) >= 11 is 6.87. The lowest BCUT2D eigenvalue weighted by Gasteiger charge is -2.12. The lowest BCUT2D eigenvalue weighted by Crippen LogP contribution is -2.18. The molecule has 14 heteroatoms. The molecule has 0 atom stereocenters. The molecule has 0 fully saturated rings. The van der Waals surface area contributed by atoms with Gasteiger partial charge in [0, 0.05) is 11.6 Å². The average molecular weight is 574 g/mol. The molecule has 0 aliphatic rings. The predicted octanol–water partition coefficient (Wildman–Crippen LogP) is 5.50. The van der Waals surface area contributed by atoms with Crippen LogP contribution in [0.5, 0.6) is 0 Å². The van der Waals surface area contributed by atoms with Crippen LogP contribution >= 0.6 is 22.9 Å². The molecule has 0 unspecified atom stereocenters. The summed E-state index contributed by atoms with van der Waals surface area (Å²) in [5.74, 6) is -1.62. The molecule has 0 aliphatic carbocycles. The molecule has 39 heavy (non-hydrogen) atoms. The van der Waals surface area contributed by atoms with Gasteiger partial charge in [-0.2, -0.15) is 23.4 Å². The van der Waals surface area contributed by atoms with Crippen LogP contribution in [0.3, 0.4) is 0 Å². The molecule has 5 aromatic rings. The zero-order valence-corrected chi connectivity index (χ0v) is 21.9. The van der Waals surface area contributed by atoms with Crippen molar-refractivity contribution in [3.05, 3.63) is 81.3 Å². The molecule has 5 rings (SSSR count). The first-order chi connectivity index (χ1) is 18.4. The number of aromatic nitrogens is 5. The van der Waals surface area contributed by atoms with E-state index >= 15 is 0 Å². The van der Waals surface area contributed by atoms with Crippen LogP contribution in [0.1, 0.15) is 37.2 Å². The molecule has 200 valence electrons. The number of rotatable bonds is 6. The van der Waals surface area contributed by atoms with Crippen molar-refractivity contribution in [1.29, 1.82) is 0 Å². The number of anilines is 1. The summed E-state index contributed by atoms with van der Waals surface area (Å²) in [6.45, 7) is 3.75. The summed E-state index contributed by atoms with van der Waals surface area (Å²) in [7, 11) is 0.